The molecule has 11 nitrogen and oxygen atoms in total. The Kier molecular flexibility index (Phi) is 11.6. The minimum atomic E-state index is -1.45. The quantitative estimate of drug-likeness (QED) is 0.163. The van der Waals surface area contributed by atoms with Crippen molar-refractivity contribution in [3.8, 4) is 0 Å². The third kappa shape index (κ3) is 7.75. The number of nitrogens with one attached hydrogen (secondary N) is 1. The van der Waals surface area contributed by atoms with Gasteiger partial charge >= 0.3 is 5.97 Å². The van der Waals surface area contributed by atoms with Crippen LogP contribution < -0.4 is 10.2 Å². The molecule has 1 atom stereocenters. The number of aromatic nitrogens is 2. The van der Waals surface area contributed by atoms with Crippen LogP contribution in [0.1, 0.15) is 61.4 Å². The normalized spacial score (nSPS) is 20.9. The van der Waals surface area contributed by atoms with Crippen molar-refractivity contribution in [3.05, 3.63) is 89.0 Å². The number of benzene rings is 2. The van der Waals surface area contributed by atoms with E-state index in [2.05, 4.69) is 25.0 Å². The summed E-state index contributed by atoms with van der Waals surface area (Å²) in [4.78, 5) is 52.0. The fourth-order valence-electron chi connectivity index (χ4n) is 8.30. The zero-order valence-electron chi connectivity index (χ0n) is 30.9. The molecule has 4 aromatic rings. The summed E-state index contributed by atoms with van der Waals surface area (Å²) >= 11 is 6.72. The highest BCUT2D eigenvalue weighted by Crippen LogP contribution is 2.38. The molecule has 1 N–H and O–H groups in total. The molecule has 7 rings (SSSR count). The van der Waals surface area contributed by atoms with Gasteiger partial charge in [0.1, 0.15) is 11.6 Å². The van der Waals surface area contributed by atoms with Gasteiger partial charge in [0.05, 0.1) is 34.9 Å². The molecular weight excluding hydrogens is 711 g/mol. The second kappa shape index (κ2) is 16.6. The Bertz CT molecular complexity index is 1970. The summed E-state index contributed by atoms with van der Waals surface area (Å²) in [6.45, 7) is 5.78. The first kappa shape index (κ1) is 37.9. The molecule has 0 radical (unpaired) electrons. The number of ketones is 1. The van der Waals surface area contributed by atoms with E-state index in [0.717, 1.165) is 29.6 Å². The maximum atomic E-state index is 16.1. The van der Waals surface area contributed by atoms with E-state index in [4.69, 9.17) is 21.1 Å². The molecule has 1 unspecified atom stereocenters. The molecule has 1 saturated carbocycles. The highest BCUT2D eigenvalue weighted by Gasteiger charge is 2.53. The molecule has 4 heterocycles. The van der Waals surface area contributed by atoms with Crippen LogP contribution in [0.5, 0.6) is 0 Å². The second-order valence-corrected chi connectivity index (χ2v) is 14.9. The highest BCUT2D eigenvalue weighted by atomic mass is 35.5. The smallest absolute Gasteiger partial charge is 0.308 e. The Morgan fingerprint density at radius 2 is 1.65 bits per heavy atom. The number of nitrogens with zero attached hydrogens (tertiary/aromatic N) is 5. The maximum absolute atomic E-state index is 16.1. The number of para-hydroxylation sites is 1. The van der Waals surface area contributed by atoms with Crippen LogP contribution in [0.4, 0.5) is 15.9 Å². The number of Topliss-reactive ketones (excluding diaryl/α,β-unsaturated/α-hetero) is 1. The number of amides is 1. The molecule has 3 fully saturated rings. The highest BCUT2D eigenvalue weighted by molar-refractivity contribution is 6.34. The number of ether oxygens (including phenoxy) is 2. The van der Waals surface area contributed by atoms with Crippen LogP contribution in [0.3, 0.4) is 0 Å². The third-order valence-corrected chi connectivity index (χ3v) is 11.4. The van der Waals surface area contributed by atoms with Gasteiger partial charge in [0, 0.05) is 76.0 Å². The first-order chi connectivity index (χ1) is 26.2. The Balaban J connectivity index is 1.15. The predicted octanol–water partition coefficient (Wildman–Crippen LogP) is 6.44. The van der Waals surface area contributed by atoms with Crippen LogP contribution in [-0.2, 0) is 32.5 Å². The monoisotopic (exact) mass is 758 g/mol. The van der Waals surface area contributed by atoms with Gasteiger partial charge in [0.15, 0.2) is 5.78 Å². The fraction of sp³-hybridized carbons (Fsp3) is 0.463. The van der Waals surface area contributed by atoms with Gasteiger partial charge in [-0.3, -0.25) is 24.2 Å². The van der Waals surface area contributed by atoms with Gasteiger partial charge < -0.3 is 24.3 Å². The van der Waals surface area contributed by atoms with E-state index in [1.54, 1.807) is 12.4 Å². The average molecular weight is 759 g/mol. The number of hydrogen-bond donors (Lipinski definition) is 1. The van der Waals surface area contributed by atoms with Crippen LogP contribution in [-0.4, -0.2) is 94.8 Å². The Hall–Kier alpha value is -4.36. The standard InChI is InChI=1S/C41H48ClFN6O5/c1-3-53-40(52)28-13-15-30(16-14-28)54-41(48-18-8-9-19-48,49-22-20-47(21-23-49)38-12-6-7-17-44-38)37(50)25-29-24-33(42)35(26-34(29)43)45-39(51)32-27-46(2)36-11-5-4-10-31(32)36/h4-7,10-12,17,24,26-28,30H,3,8-9,13-16,18-23,25H2,1-2H3,(H,45,51). The van der Waals surface area contributed by atoms with Gasteiger partial charge in [-0.15, -0.1) is 0 Å². The number of aryl methyl sites for hydroxylation is 1. The van der Waals surface area contributed by atoms with Crippen molar-refractivity contribution in [3.63, 3.8) is 0 Å². The van der Waals surface area contributed by atoms with E-state index in [9.17, 15) is 9.59 Å². The molecule has 2 aliphatic heterocycles. The van der Waals surface area contributed by atoms with Gasteiger partial charge in [-0.2, -0.15) is 0 Å². The van der Waals surface area contributed by atoms with E-state index in [0.29, 0.717) is 77.1 Å². The minimum Gasteiger partial charge on any atom is -0.466 e. The number of pyridine rings is 1. The Labute approximate surface area is 320 Å². The molecule has 1 amide bonds. The van der Waals surface area contributed by atoms with Crippen LogP contribution in [0.15, 0.2) is 67.0 Å². The minimum absolute atomic E-state index is 0.120. The molecule has 2 saturated heterocycles. The van der Waals surface area contributed by atoms with Crippen LogP contribution >= 0.6 is 11.6 Å². The zero-order valence-corrected chi connectivity index (χ0v) is 31.7. The second-order valence-electron chi connectivity index (χ2n) is 14.5. The number of hydrogen-bond acceptors (Lipinski definition) is 9. The molecule has 0 spiro atoms. The lowest BCUT2D eigenvalue weighted by atomic mass is 9.87. The molecule has 286 valence electrons. The summed E-state index contributed by atoms with van der Waals surface area (Å²) in [6, 6.07) is 16.0. The lowest BCUT2D eigenvalue weighted by Gasteiger charge is -2.52. The number of halogens is 2. The molecule has 2 aromatic carbocycles. The summed E-state index contributed by atoms with van der Waals surface area (Å²) in [6.07, 6.45) is 7.20. The average Bonchev–Trinajstić information content (AvgIpc) is 3.85. The third-order valence-electron chi connectivity index (χ3n) is 11.1. The number of fused-ring (bicyclic) bond motifs is 1. The Morgan fingerprint density at radius 1 is 0.944 bits per heavy atom. The number of likely N-dealkylation sites (tertiary alicyclic amines) is 1. The van der Waals surface area contributed by atoms with Crippen molar-refractivity contribution < 1.29 is 28.2 Å². The first-order valence-corrected chi connectivity index (χ1v) is 19.4. The SMILES string of the molecule is CCOC(=O)C1CCC(OC(C(=O)Cc2cc(Cl)c(NC(=O)c3cn(C)c4ccccc34)cc2F)(N2CCCC2)N2CCN(c3ccccn3)CC2)CC1. The number of carbonyl (C=O) groups is 3. The number of piperazine rings is 1. The van der Waals surface area contributed by atoms with Crippen LogP contribution in [0.25, 0.3) is 10.9 Å². The van der Waals surface area contributed by atoms with Gasteiger partial charge in [-0.1, -0.05) is 35.9 Å². The molecule has 54 heavy (non-hydrogen) atoms. The molecule has 13 heteroatoms. The molecule has 1 aliphatic carbocycles. The van der Waals surface area contributed by atoms with Gasteiger partial charge in [0.2, 0.25) is 5.85 Å². The summed E-state index contributed by atoms with van der Waals surface area (Å²) in [5.41, 5.74) is 1.58. The van der Waals surface area contributed by atoms with E-state index in [1.165, 1.54) is 12.1 Å². The molecular formula is C41H48ClFN6O5. The van der Waals surface area contributed by atoms with Crippen molar-refractivity contribution in [1.82, 2.24) is 19.4 Å². The van der Waals surface area contributed by atoms with E-state index >= 15 is 9.18 Å². The number of esters is 1. The fourth-order valence-corrected chi connectivity index (χ4v) is 8.53. The first-order valence-electron chi connectivity index (χ1n) is 19.0. The van der Waals surface area contributed by atoms with Gasteiger partial charge in [-0.25, -0.2) is 9.37 Å². The Morgan fingerprint density at radius 3 is 2.35 bits per heavy atom. The lowest BCUT2D eigenvalue weighted by molar-refractivity contribution is -0.257. The van der Waals surface area contributed by atoms with Crippen LogP contribution in [0.2, 0.25) is 5.02 Å². The van der Waals surface area contributed by atoms with Crippen LogP contribution in [0, 0.1) is 11.7 Å². The maximum Gasteiger partial charge on any atom is 0.308 e. The van der Waals surface area contributed by atoms with E-state index in [1.807, 2.05) is 61.0 Å². The summed E-state index contributed by atoms with van der Waals surface area (Å²) < 4.78 is 30.4. The summed E-state index contributed by atoms with van der Waals surface area (Å²) in [5.74, 6) is -2.29. The zero-order chi connectivity index (χ0) is 37.8. The lowest BCUT2D eigenvalue weighted by Crippen LogP contribution is -2.71. The van der Waals surface area contributed by atoms with Crippen molar-refractivity contribution in [1.29, 1.82) is 0 Å². The number of rotatable bonds is 12. The van der Waals surface area contributed by atoms with Gasteiger partial charge in [0.25, 0.3) is 5.91 Å². The van der Waals surface area contributed by atoms with E-state index in [-0.39, 0.29) is 46.5 Å². The predicted molar refractivity (Wildman–Crippen MR) is 206 cm³/mol. The van der Waals surface area contributed by atoms with Gasteiger partial charge in [-0.05, 0) is 81.3 Å². The molecule has 3 aliphatic rings. The summed E-state index contributed by atoms with van der Waals surface area (Å²) in [5, 5.41) is 3.67. The number of carbonyl (C=O) groups excluding carboxylic acids is 3. The largest absolute Gasteiger partial charge is 0.466 e. The molecule has 0 bridgehead atoms. The summed E-state index contributed by atoms with van der Waals surface area (Å²) in [7, 11) is 1.86. The topological polar surface area (TPSA) is 109 Å². The van der Waals surface area contributed by atoms with E-state index < -0.39 is 17.6 Å². The number of anilines is 2. The van der Waals surface area contributed by atoms with Crippen molar-refractivity contribution in [2.24, 2.45) is 13.0 Å². The molecule has 2 aromatic heterocycles. The van der Waals surface area contributed by atoms with Crippen molar-refractivity contribution in [2.45, 2.75) is 63.8 Å². The van der Waals surface area contributed by atoms with Crippen molar-refractivity contribution >= 4 is 51.7 Å². The van der Waals surface area contributed by atoms with Crippen molar-refractivity contribution in [2.75, 3.05) is 56.1 Å².